The van der Waals surface area contributed by atoms with Gasteiger partial charge in [0.25, 0.3) is 0 Å². The van der Waals surface area contributed by atoms with Crippen LogP contribution in [0.4, 0.5) is 0 Å². The second kappa shape index (κ2) is 3.57. The van der Waals surface area contributed by atoms with Crippen LogP contribution < -0.4 is 0 Å². The average Bonchev–Trinajstić information content (AvgIpc) is 1.81. The van der Waals surface area contributed by atoms with Gasteiger partial charge in [-0.3, -0.25) is 4.79 Å². The second-order valence-electron chi connectivity index (χ2n) is 3.47. The highest BCUT2D eigenvalue weighted by Crippen LogP contribution is 2.11. The van der Waals surface area contributed by atoms with Gasteiger partial charge in [-0.2, -0.15) is 0 Å². The summed E-state index contributed by atoms with van der Waals surface area (Å²) in [4.78, 5) is 12.9. The van der Waals surface area contributed by atoms with Crippen LogP contribution in [0, 0.1) is 0 Å². The van der Waals surface area contributed by atoms with E-state index in [1.54, 1.807) is 6.92 Å². The van der Waals surface area contributed by atoms with Gasteiger partial charge >= 0.3 is 0 Å². The molecular formula is C10H15NO. The zero-order chi connectivity index (χ0) is 9.14. The molecule has 0 aliphatic carbocycles. The Kier molecular flexibility index (Phi) is 2.69. The van der Waals surface area contributed by atoms with E-state index in [1.807, 2.05) is 11.1 Å². The molecule has 0 N–H and O–H groups in total. The molecule has 12 heavy (non-hydrogen) atoms. The fourth-order valence-corrected chi connectivity index (χ4v) is 1.51. The maximum absolute atomic E-state index is 10.8. The Morgan fingerprint density at radius 2 is 2.25 bits per heavy atom. The quantitative estimate of drug-likeness (QED) is 0.621. The maximum atomic E-state index is 10.8. The summed E-state index contributed by atoms with van der Waals surface area (Å²) >= 11 is 0. The molecule has 0 bridgehead atoms. The first kappa shape index (κ1) is 9.04. The third-order valence-corrected chi connectivity index (χ3v) is 1.74. The molecule has 0 aromatic heterocycles. The van der Waals surface area contributed by atoms with Crippen molar-refractivity contribution in [3.8, 4) is 0 Å². The number of hydrogen-bond acceptors (Lipinski definition) is 2. The van der Waals surface area contributed by atoms with E-state index in [9.17, 15) is 4.79 Å². The number of Topliss-reactive ketones (excluding diaryl/α,β-unsaturated/α-hetero) is 1. The Hall–Kier alpha value is -1.05. The molecule has 0 saturated heterocycles. The van der Waals surface area contributed by atoms with E-state index in [4.69, 9.17) is 0 Å². The minimum Gasteiger partial charge on any atom is -0.366 e. The van der Waals surface area contributed by atoms with Gasteiger partial charge in [-0.15, -0.1) is 0 Å². The van der Waals surface area contributed by atoms with Crippen molar-refractivity contribution in [2.24, 2.45) is 0 Å². The second-order valence-corrected chi connectivity index (χ2v) is 3.47. The Balaban J connectivity index is 2.61. The van der Waals surface area contributed by atoms with Crippen molar-refractivity contribution < 1.29 is 4.79 Å². The van der Waals surface area contributed by atoms with Gasteiger partial charge in [0, 0.05) is 12.7 Å². The van der Waals surface area contributed by atoms with Crippen LogP contribution in [-0.2, 0) is 4.79 Å². The molecule has 0 fully saturated rings. The van der Waals surface area contributed by atoms with Crippen molar-refractivity contribution in [3.05, 3.63) is 23.4 Å². The highest BCUT2D eigenvalue weighted by molar-refractivity contribution is 5.77. The maximum Gasteiger partial charge on any atom is 0.149 e. The van der Waals surface area contributed by atoms with Crippen LogP contribution in [0.3, 0.4) is 0 Å². The Labute approximate surface area is 73.6 Å². The summed E-state index contributed by atoms with van der Waals surface area (Å²) in [6, 6.07) is 0. The third-order valence-electron chi connectivity index (χ3n) is 1.74. The molecule has 0 aromatic rings. The van der Waals surface area contributed by atoms with Crippen LogP contribution in [0.25, 0.3) is 0 Å². The average molecular weight is 165 g/mol. The number of allylic oxidation sites excluding steroid dienone is 2. The number of carbonyl (C=O) groups is 1. The highest BCUT2D eigenvalue weighted by atomic mass is 16.1. The molecule has 0 atom stereocenters. The lowest BCUT2D eigenvalue weighted by Gasteiger charge is -2.23. The van der Waals surface area contributed by atoms with Gasteiger partial charge in [-0.25, -0.2) is 0 Å². The molecule has 1 rings (SSSR count). The van der Waals surface area contributed by atoms with E-state index < -0.39 is 0 Å². The third kappa shape index (κ3) is 2.53. The first-order valence-corrected chi connectivity index (χ1v) is 4.17. The normalized spacial score (nSPS) is 17.1. The van der Waals surface area contributed by atoms with Gasteiger partial charge in [-0.1, -0.05) is 11.6 Å². The van der Waals surface area contributed by atoms with Crippen molar-refractivity contribution in [2.75, 3.05) is 13.1 Å². The van der Waals surface area contributed by atoms with Gasteiger partial charge in [0.1, 0.15) is 5.78 Å². The van der Waals surface area contributed by atoms with E-state index in [0.717, 1.165) is 6.54 Å². The van der Waals surface area contributed by atoms with Gasteiger partial charge in [0.2, 0.25) is 0 Å². The van der Waals surface area contributed by atoms with Crippen LogP contribution in [0.2, 0.25) is 0 Å². The summed E-state index contributed by atoms with van der Waals surface area (Å²) in [6.07, 6.45) is 4.19. The summed E-state index contributed by atoms with van der Waals surface area (Å²) in [5.41, 5.74) is 2.54. The van der Waals surface area contributed by atoms with E-state index >= 15 is 0 Å². The molecule has 0 unspecified atom stereocenters. The summed E-state index contributed by atoms with van der Waals surface area (Å²) in [6.45, 7) is 7.18. The van der Waals surface area contributed by atoms with Gasteiger partial charge in [0.15, 0.2) is 0 Å². The van der Waals surface area contributed by atoms with Crippen molar-refractivity contribution in [1.82, 2.24) is 4.90 Å². The van der Waals surface area contributed by atoms with E-state index in [-0.39, 0.29) is 5.78 Å². The van der Waals surface area contributed by atoms with Crippen LogP contribution in [0.5, 0.6) is 0 Å². The predicted octanol–water partition coefficient (Wildman–Crippen LogP) is 1.74. The van der Waals surface area contributed by atoms with Crippen LogP contribution >= 0.6 is 0 Å². The lowest BCUT2D eigenvalue weighted by Crippen LogP contribution is -2.27. The minimum absolute atomic E-state index is 0.216. The van der Waals surface area contributed by atoms with Gasteiger partial charge in [0.05, 0.1) is 6.54 Å². The molecule has 0 radical (unpaired) electrons. The van der Waals surface area contributed by atoms with Gasteiger partial charge in [-0.05, 0) is 26.3 Å². The monoisotopic (exact) mass is 165 g/mol. The Morgan fingerprint density at radius 1 is 1.58 bits per heavy atom. The predicted molar refractivity (Wildman–Crippen MR) is 49.8 cm³/mol. The van der Waals surface area contributed by atoms with Crippen molar-refractivity contribution in [3.63, 3.8) is 0 Å². The minimum atomic E-state index is 0.216. The summed E-state index contributed by atoms with van der Waals surface area (Å²) in [5, 5.41) is 0. The Morgan fingerprint density at radius 3 is 2.75 bits per heavy atom. The molecule has 0 amide bonds. The molecule has 0 saturated carbocycles. The topological polar surface area (TPSA) is 20.3 Å². The largest absolute Gasteiger partial charge is 0.366 e. The lowest BCUT2D eigenvalue weighted by atomic mass is 10.1. The zero-order valence-electron chi connectivity index (χ0n) is 7.92. The fourth-order valence-electron chi connectivity index (χ4n) is 1.51. The standard InChI is InChI=1S/C10H15NO/c1-8-4-9(2)6-11(5-8)7-10(3)12/h4-5H,6-7H2,1-3H3. The summed E-state index contributed by atoms with van der Waals surface area (Å²) in [7, 11) is 0. The Bertz CT molecular complexity index is 249. The van der Waals surface area contributed by atoms with Crippen LogP contribution in [-0.4, -0.2) is 23.8 Å². The SMILES string of the molecule is CC(=O)CN1C=C(C)C=C(C)C1. The summed E-state index contributed by atoms with van der Waals surface area (Å²) in [5.74, 6) is 0.216. The van der Waals surface area contributed by atoms with Crippen molar-refractivity contribution in [2.45, 2.75) is 20.8 Å². The molecule has 1 heterocycles. The van der Waals surface area contributed by atoms with Crippen molar-refractivity contribution >= 4 is 5.78 Å². The van der Waals surface area contributed by atoms with Crippen LogP contribution in [0.15, 0.2) is 23.4 Å². The zero-order valence-corrected chi connectivity index (χ0v) is 7.92. The number of hydrogen-bond donors (Lipinski definition) is 0. The van der Waals surface area contributed by atoms with Gasteiger partial charge < -0.3 is 4.90 Å². The number of ketones is 1. The number of rotatable bonds is 2. The van der Waals surface area contributed by atoms with E-state index in [1.165, 1.54) is 11.1 Å². The van der Waals surface area contributed by atoms with Crippen LogP contribution in [0.1, 0.15) is 20.8 Å². The molecular weight excluding hydrogens is 150 g/mol. The first-order valence-electron chi connectivity index (χ1n) is 4.17. The number of carbonyl (C=O) groups excluding carboxylic acids is 1. The molecule has 1 aliphatic heterocycles. The van der Waals surface area contributed by atoms with E-state index in [0.29, 0.717) is 6.54 Å². The number of nitrogens with zero attached hydrogens (tertiary/aromatic N) is 1. The molecule has 1 aliphatic rings. The molecule has 2 nitrogen and oxygen atoms in total. The fraction of sp³-hybridized carbons (Fsp3) is 0.500. The molecule has 66 valence electrons. The first-order chi connectivity index (χ1) is 5.58. The molecule has 2 heteroatoms. The van der Waals surface area contributed by atoms with Crippen molar-refractivity contribution in [1.29, 1.82) is 0 Å². The molecule has 0 spiro atoms. The highest BCUT2D eigenvalue weighted by Gasteiger charge is 2.07. The molecule has 0 aromatic carbocycles. The van der Waals surface area contributed by atoms with E-state index in [2.05, 4.69) is 19.9 Å². The lowest BCUT2D eigenvalue weighted by molar-refractivity contribution is -0.117. The smallest absolute Gasteiger partial charge is 0.149 e. The summed E-state index contributed by atoms with van der Waals surface area (Å²) < 4.78 is 0.